The number of rotatable bonds is 2. The Morgan fingerprint density at radius 3 is 2.20 bits per heavy atom. The van der Waals surface area contributed by atoms with Crippen LogP contribution in [0.15, 0.2) is 24.3 Å². The molecule has 0 radical (unpaired) electrons. The van der Waals surface area contributed by atoms with Crippen LogP contribution in [0, 0.1) is 0 Å². The van der Waals surface area contributed by atoms with Gasteiger partial charge < -0.3 is 4.84 Å². The number of carbonyl (C=O) groups is 1. The molecule has 0 amide bonds. The van der Waals surface area contributed by atoms with Crippen molar-refractivity contribution >= 4 is 5.97 Å². The van der Waals surface area contributed by atoms with Gasteiger partial charge in [0, 0.05) is 7.05 Å². The van der Waals surface area contributed by atoms with E-state index in [0.717, 1.165) is 24.3 Å². The Labute approximate surface area is 83.8 Å². The number of carbonyl (C=O) groups excluding carboxylic acids is 1. The third-order valence-electron chi connectivity index (χ3n) is 1.64. The highest BCUT2D eigenvalue weighted by Gasteiger charge is 2.30. The van der Waals surface area contributed by atoms with Gasteiger partial charge in [-0.1, -0.05) is 0 Å². The molecule has 6 heteroatoms. The third kappa shape index (κ3) is 2.95. The summed E-state index contributed by atoms with van der Waals surface area (Å²) in [6.45, 7) is 0. The van der Waals surface area contributed by atoms with Crippen molar-refractivity contribution in [1.29, 1.82) is 0 Å². The fourth-order valence-corrected chi connectivity index (χ4v) is 0.947. The van der Waals surface area contributed by atoms with Gasteiger partial charge >= 0.3 is 12.1 Å². The standard InChI is InChI=1S/C9H8F3NO2/c1-13-15-8(14)6-2-4-7(5-3-6)9(10,11)12/h2-5,13H,1H3. The van der Waals surface area contributed by atoms with Crippen LogP contribution in [0.25, 0.3) is 0 Å². The van der Waals surface area contributed by atoms with Gasteiger partial charge in [-0.2, -0.15) is 18.7 Å². The lowest BCUT2D eigenvalue weighted by molar-refractivity contribution is -0.137. The maximum atomic E-state index is 12.1. The van der Waals surface area contributed by atoms with Crippen LogP contribution in [-0.2, 0) is 11.0 Å². The predicted octanol–water partition coefficient (Wildman–Crippen LogP) is 2.00. The zero-order chi connectivity index (χ0) is 11.5. The molecule has 1 aromatic carbocycles. The number of hydrogen-bond donors (Lipinski definition) is 1. The van der Waals surface area contributed by atoms with E-state index in [2.05, 4.69) is 10.3 Å². The second-order valence-electron chi connectivity index (χ2n) is 2.67. The normalized spacial score (nSPS) is 11.2. The minimum absolute atomic E-state index is 0.0531. The minimum atomic E-state index is -4.40. The summed E-state index contributed by atoms with van der Waals surface area (Å²) in [5.74, 6) is -0.730. The van der Waals surface area contributed by atoms with Gasteiger partial charge in [-0.15, -0.1) is 0 Å². The van der Waals surface area contributed by atoms with Crippen molar-refractivity contribution in [2.45, 2.75) is 6.18 Å². The quantitative estimate of drug-likeness (QED) is 0.773. The number of halogens is 3. The summed E-state index contributed by atoms with van der Waals surface area (Å²) >= 11 is 0. The van der Waals surface area contributed by atoms with Crippen molar-refractivity contribution in [3.63, 3.8) is 0 Å². The third-order valence-corrected chi connectivity index (χ3v) is 1.64. The maximum Gasteiger partial charge on any atom is 0.416 e. The van der Waals surface area contributed by atoms with Crippen molar-refractivity contribution < 1.29 is 22.8 Å². The molecule has 0 aromatic heterocycles. The second kappa shape index (κ2) is 4.31. The molecule has 3 nitrogen and oxygen atoms in total. The first kappa shape index (κ1) is 11.5. The van der Waals surface area contributed by atoms with E-state index in [1.165, 1.54) is 7.05 Å². The SMILES string of the molecule is CNOC(=O)c1ccc(C(F)(F)F)cc1. The van der Waals surface area contributed by atoms with Crippen molar-refractivity contribution in [2.75, 3.05) is 7.05 Å². The van der Waals surface area contributed by atoms with E-state index in [9.17, 15) is 18.0 Å². The Bertz CT molecular complexity index is 345. The zero-order valence-corrected chi connectivity index (χ0v) is 7.76. The lowest BCUT2D eigenvalue weighted by Crippen LogP contribution is -2.15. The molecule has 0 fully saturated rings. The lowest BCUT2D eigenvalue weighted by Gasteiger charge is -2.06. The molecular weight excluding hydrogens is 211 g/mol. The van der Waals surface area contributed by atoms with Crippen LogP contribution in [0.3, 0.4) is 0 Å². The Morgan fingerprint density at radius 2 is 1.80 bits per heavy atom. The first-order valence-corrected chi connectivity index (χ1v) is 4.00. The summed E-state index contributed by atoms with van der Waals surface area (Å²) in [5.41, 5.74) is 1.39. The Hall–Kier alpha value is -1.56. The number of hydroxylamine groups is 1. The lowest BCUT2D eigenvalue weighted by atomic mass is 10.1. The minimum Gasteiger partial charge on any atom is -0.367 e. The first-order chi connectivity index (χ1) is 6.95. The van der Waals surface area contributed by atoms with Crippen molar-refractivity contribution in [1.82, 2.24) is 5.48 Å². The summed E-state index contributed by atoms with van der Waals surface area (Å²) < 4.78 is 36.4. The molecule has 0 saturated carbocycles. The zero-order valence-electron chi connectivity index (χ0n) is 7.76. The van der Waals surface area contributed by atoms with Crippen molar-refractivity contribution in [3.05, 3.63) is 35.4 Å². The van der Waals surface area contributed by atoms with E-state index in [1.807, 2.05) is 0 Å². The number of benzene rings is 1. The largest absolute Gasteiger partial charge is 0.416 e. The van der Waals surface area contributed by atoms with Gasteiger partial charge in [0.15, 0.2) is 0 Å². The van der Waals surface area contributed by atoms with Gasteiger partial charge in [0.25, 0.3) is 0 Å². The first-order valence-electron chi connectivity index (χ1n) is 4.00. The van der Waals surface area contributed by atoms with Gasteiger partial charge in [0.2, 0.25) is 0 Å². The molecule has 0 heterocycles. The Morgan fingerprint density at radius 1 is 1.27 bits per heavy atom. The Kier molecular flexibility index (Phi) is 3.31. The van der Waals surface area contributed by atoms with Crippen LogP contribution in [0.5, 0.6) is 0 Å². The highest BCUT2D eigenvalue weighted by molar-refractivity contribution is 5.89. The van der Waals surface area contributed by atoms with E-state index < -0.39 is 17.7 Å². The van der Waals surface area contributed by atoms with Crippen LogP contribution in [0.1, 0.15) is 15.9 Å². The predicted molar refractivity (Wildman–Crippen MR) is 45.9 cm³/mol. The molecule has 0 atom stereocenters. The molecule has 0 aliphatic carbocycles. The molecule has 0 spiro atoms. The van der Waals surface area contributed by atoms with Crippen molar-refractivity contribution in [3.8, 4) is 0 Å². The monoisotopic (exact) mass is 219 g/mol. The van der Waals surface area contributed by atoms with Crippen LogP contribution < -0.4 is 5.48 Å². The average molecular weight is 219 g/mol. The summed E-state index contributed by atoms with van der Waals surface area (Å²) in [6, 6.07) is 3.77. The Balaban J connectivity index is 2.86. The molecule has 1 rings (SSSR count). The molecule has 0 unspecified atom stereocenters. The van der Waals surface area contributed by atoms with E-state index in [4.69, 9.17) is 0 Å². The molecule has 0 bridgehead atoms. The molecular formula is C9H8F3NO2. The van der Waals surface area contributed by atoms with E-state index in [-0.39, 0.29) is 5.56 Å². The summed E-state index contributed by atoms with van der Waals surface area (Å²) in [4.78, 5) is 15.4. The van der Waals surface area contributed by atoms with Crippen LogP contribution >= 0.6 is 0 Å². The molecule has 0 aliphatic rings. The van der Waals surface area contributed by atoms with E-state index >= 15 is 0 Å². The highest BCUT2D eigenvalue weighted by atomic mass is 19.4. The molecule has 0 saturated heterocycles. The average Bonchev–Trinajstić information content (AvgIpc) is 2.17. The van der Waals surface area contributed by atoms with Gasteiger partial charge in [-0.3, -0.25) is 0 Å². The summed E-state index contributed by atoms with van der Waals surface area (Å²) in [5, 5.41) is 0. The van der Waals surface area contributed by atoms with Gasteiger partial charge in [0.05, 0.1) is 11.1 Å². The maximum absolute atomic E-state index is 12.1. The van der Waals surface area contributed by atoms with Crippen LogP contribution in [0.4, 0.5) is 13.2 Å². The summed E-state index contributed by atoms with van der Waals surface area (Å²) in [6.07, 6.45) is -4.40. The molecule has 1 aromatic rings. The molecule has 1 N–H and O–H groups in total. The van der Waals surface area contributed by atoms with Gasteiger partial charge in [0.1, 0.15) is 0 Å². The molecule has 15 heavy (non-hydrogen) atoms. The second-order valence-corrected chi connectivity index (χ2v) is 2.67. The smallest absolute Gasteiger partial charge is 0.367 e. The topological polar surface area (TPSA) is 38.3 Å². The van der Waals surface area contributed by atoms with Crippen molar-refractivity contribution in [2.24, 2.45) is 0 Å². The molecule has 82 valence electrons. The van der Waals surface area contributed by atoms with Crippen LogP contribution in [0.2, 0.25) is 0 Å². The number of alkyl halides is 3. The fourth-order valence-electron chi connectivity index (χ4n) is 0.947. The summed E-state index contributed by atoms with van der Waals surface area (Å²) in [7, 11) is 1.38. The number of hydrogen-bond acceptors (Lipinski definition) is 3. The van der Waals surface area contributed by atoms with Gasteiger partial charge in [-0.05, 0) is 24.3 Å². The van der Waals surface area contributed by atoms with E-state index in [1.54, 1.807) is 0 Å². The van der Waals surface area contributed by atoms with Gasteiger partial charge in [-0.25, -0.2) is 4.79 Å². The van der Waals surface area contributed by atoms with E-state index in [0.29, 0.717) is 0 Å². The highest BCUT2D eigenvalue weighted by Crippen LogP contribution is 2.29. The molecule has 0 aliphatic heterocycles. The number of nitrogens with one attached hydrogen (secondary N) is 1. The fraction of sp³-hybridized carbons (Fsp3) is 0.222. The van der Waals surface area contributed by atoms with Crippen LogP contribution in [-0.4, -0.2) is 13.0 Å².